The third-order valence-electron chi connectivity index (χ3n) is 2.49. The number of hydrogen-bond acceptors (Lipinski definition) is 0. The van der Waals surface area contributed by atoms with Crippen LogP contribution in [0.15, 0.2) is 36.5 Å². The molecule has 0 aliphatic heterocycles. The monoisotopic (exact) mass is 272 g/mol. The van der Waals surface area contributed by atoms with Gasteiger partial charge in [0.25, 0.3) is 0 Å². The Morgan fingerprint density at radius 2 is 0.941 bits per heavy atom. The molecule has 0 spiro atoms. The summed E-state index contributed by atoms with van der Waals surface area (Å²) in [4.78, 5) is 0. The second-order valence-electron chi connectivity index (χ2n) is 3.99. The van der Waals surface area contributed by atoms with E-state index in [1.807, 2.05) is 0 Å². The Hall–Kier alpha value is -0.546. The Balaban J connectivity index is 0.000000284. The SMILES string of the molecule is [C-]1=CCC/C=C\CC1.[C-]1=CCC/C=C\CC1.[Ni+2]. The van der Waals surface area contributed by atoms with E-state index in [0.29, 0.717) is 0 Å². The fraction of sp³-hybridized carbons (Fsp3) is 0.500. The molecule has 17 heavy (non-hydrogen) atoms. The number of allylic oxidation sites excluding steroid dienone is 8. The largest absolute Gasteiger partial charge is 2.00 e. The van der Waals surface area contributed by atoms with Gasteiger partial charge in [-0.25, -0.2) is 0 Å². The van der Waals surface area contributed by atoms with Gasteiger partial charge in [0.2, 0.25) is 0 Å². The van der Waals surface area contributed by atoms with Crippen LogP contribution < -0.4 is 0 Å². The maximum Gasteiger partial charge on any atom is 2.00 e. The summed E-state index contributed by atoms with van der Waals surface area (Å²) in [6.45, 7) is 0. The minimum absolute atomic E-state index is 0. The van der Waals surface area contributed by atoms with Crippen LogP contribution in [0, 0.1) is 12.2 Å². The molecule has 0 aromatic rings. The molecule has 0 aromatic carbocycles. The standard InChI is InChI=1S/2C8H11.Ni/c2*1-2-4-6-8-7-5-3-1;/h2*1-2,7H,3-6H2;/q2*-1;+2/b2*2-1-;. The van der Waals surface area contributed by atoms with Crippen molar-refractivity contribution in [3.05, 3.63) is 48.6 Å². The van der Waals surface area contributed by atoms with Gasteiger partial charge in [-0.1, -0.05) is 50.0 Å². The van der Waals surface area contributed by atoms with E-state index < -0.39 is 0 Å². The van der Waals surface area contributed by atoms with E-state index in [0.717, 1.165) is 12.8 Å². The summed E-state index contributed by atoms with van der Waals surface area (Å²) in [5.74, 6) is 0. The summed E-state index contributed by atoms with van der Waals surface area (Å²) in [6, 6.07) is 0. The van der Waals surface area contributed by atoms with E-state index in [1.165, 1.54) is 38.5 Å². The van der Waals surface area contributed by atoms with E-state index in [1.54, 1.807) is 0 Å². The summed E-state index contributed by atoms with van der Waals surface area (Å²) >= 11 is 0. The minimum Gasteiger partial charge on any atom is -0.500 e. The third-order valence-corrected chi connectivity index (χ3v) is 2.49. The van der Waals surface area contributed by atoms with Crippen molar-refractivity contribution in [1.82, 2.24) is 0 Å². The average Bonchev–Trinajstić information content (AvgIpc) is 2.15. The van der Waals surface area contributed by atoms with Crippen LogP contribution in [-0.2, 0) is 16.5 Å². The van der Waals surface area contributed by atoms with Gasteiger partial charge in [-0.15, -0.1) is 0 Å². The van der Waals surface area contributed by atoms with E-state index in [-0.39, 0.29) is 16.5 Å². The topological polar surface area (TPSA) is 0 Å². The second-order valence-corrected chi connectivity index (χ2v) is 3.99. The quantitative estimate of drug-likeness (QED) is 0.333. The van der Waals surface area contributed by atoms with Gasteiger partial charge >= 0.3 is 16.5 Å². The van der Waals surface area contributed by atoms with Crippen molar-refractivity contribution in [3.8, 4) is 0 Å². The van der Waals surface area contributed by atoms with Gasteiger partial charge in [0.05, 0.1) is 0 Å². The fourth-order valence-corrected chi connectivity index (χ4v) is 1.57. The van der Waals surface area contributed by atoms with Gasteiger partial charge in [0.1, 0.15) is 0 Å². The molecule has 0 saturated heterocycles. The third kappa shape index (κ3) is 11.7. The van der Waals surface area contributed by atoms with Gasteiger partial charge in [-0.05, 0) is 12.8 Å². The van der Waals surface area contributed by atoms with Crippen LogP contribution in [0.25, 0.3) is 0 Å². The van der Waals surface area contributed by atoms with Gasteiger partial charge in [-0.3, -0.25) is 12.2 Å². The zero-order valence-electron chi connectivity index (χ0n) is 10.4. The summed E-state index contributed by atoms with van der Waals surface area (Å²) in [5, 5.41) is 0. The molecule has 1 heteroatoms. The zero-order valence-corrected chi connectivity index (χ0v) is 11.4. The Morgan fingerprint density at radius 1 is 0.529 bits per heavy atom. The molecule has 0 bridgehead atoms. The zero-order chi connectivity index (χ0) is 11.3. The van der Waals surface area contributed by atoms with Crippen LogP contribution in [0.5, 0.6) is 0 Å². The van der Waals surface area contributed by atoms with Crippen molar-refractivity contribution >= 4 is 0 Å². The Bertz CT molecular complexity index is 179. The molecule has 96 valence electrons. The van der Waals surface area contributed by atoms with Gasteiger partial charge in [-0.2, -0.15) is 12.8 Å². The average molecular weight is 273 g/mol. The summed E-state index contributed by atoms with van der Waals surface area (Å²) in [6.07, 6.45) is 29.0. The smallest absolute Gasteiger partial charge is 0.500 e. The first-order chi connectivity index (χ1) is 8.00. The second kappa shape index (κ2) is 13.5. The summed E-state index contributed by atoms with van der Waals surface area (Å²) in [7, 11) is 0. The Labute approximate surface area is 116 Å². The van der Waals surface area contributed by atoms with Crippen LogP contribution in [-0.4, -0.2) is 0 Å². The molecule has 0 N–H and O–H groups in total. The minimum atomic E-state index is 0. The van der Waals surface area contributed by atoms with Crippen molar-refractivity contribution in [2.24, 2.45) is 0 Å². The molecule has 2 rings (SSSR count). The van der Waals surface area contributed by atoms with Gasteiger partial charge < -0.3 is 12.2 Å². The van der Waals surface area contributed by atoms with Crippen LogP contribution >= 0.6 is 0 Å². The van der Waals surface area contributed by atoms with E-state index in [4.69, 9.17) is 0 Å². The first-order valence-electron chi connectivity index (χ1n) is 6.40. The van der Waals surface area contributed by atoms with Crippen molar-refractivity contribution in [2.75, 3.05) is 0 Å². The molecular weight excluding hydrogens is 251 g/mol. The molecular formula is C16H22Ni. The predicted molar refractivity (Wildman–Crippen MR) is 70.8 cm³/mol. The molecule has 0 saturated carbocycles. The van der Waals surface area contributed by atoms with Gasteiger partial charge in [0, 0.05) is 0 Å². The number of rotatable bonds is 0. The maximum absolute atomic E-state index is 3.21. The first-order valence-corrected chi connectivity index (χ1v) is 6.40. The van der Waals surface area contributed by atoms with Crippen molar-refractivity contribution in [3.63, 3.8) is 0 Å². The van der Waals surface area contributed by atoms with E-state index >= 15 is 0 Å². The van der Waals surface area contributed by atoms with Crippen molar-refractivity contribution < 1.29 is 16.5 Å². The Kier molecular flexibility index (Phi) is 13.1. The van der Waals surface area contributed by atoms with Crippen LogP contribution in [0.2, 0.25) is 0 Å². The normalized spacial score (nSPS) is 22.6. The van der Waals surface area contributed by atoms with E-state index in [9.17, 15) is 0 Å². The molecule has 0 nitrogen and oxygen atoms in total. The molecule has 0 heterocycles. The molecule has 0 radical (unpaired) electrons. The molecule has 2 aliphatic rings. The van der Waals surface area contributed by atoms with Crippen molar-refractivity contribution in [1.29, 1.82) is 0 Å². The molecule has 0 amide bonds. The van der Waals surface area contributed by atoms with E-state index in [2.05, 4.69) is 48.6 Å². The molecule has 0 fully saturated rings. The molecule has 2 aliphatic carbocycles. The van der Waals surface area contributed by atoms with Crippen LogP contribution in [0.3, 0.4) is 0 Å². The molecule has 0 unspecified atom stereocenters. The number of hydrogen-bond donors (Lipinski definition) is 0. The summed E-state index contributed by atoms with van der Waals surface area (Å²) in [5.41, 5.74) is 0. The maximum atomic E-state index is 3.21. The molecule has 0 aromatic heterocycles. The first kappa shape index (κ1) is 16.5. The summed E-state index contributed by atoms with van der Waals surface area (Å²) < 4.78 is 0. The van der Waals surface area contributed by atoms with Crippen LogP contribution in [0.4, 0.5) is 0 Å². The van der Waals surface area contributed by atoms with Crippen LogP contribution in [0.1, 0.15) is 51.4 Å². The predicted octanol–water partition coefficient (Wildman–Crippen LogP) is 4.95. The molecule has 0 atom stereocenters. The van der Waals surface area contributed by atoms with Crippen molar-refractivity contribution in [2.45, 2.75) is 51.4 Å². The van der Waals surface area contributed by atoms with Gasteiger partial charge in [0.15, 0.2) is 0 Å². The fourth-order valence-electron chi connectivity index (χ4n) is 1.57. The Morgan fingerprint density at radius 3 is 1.41 bits per heavy atom.